The average molecular weight is 435 g/mol. The largest absolute Gasteiger partial charge is 0.456 e. The average Bonchev–Trinajstić information content (AvgIpc) is 3.24. The SMILES string of the molecule is O/N=C(/c1ccc(Oc2ccc3oc4ccccc4c3c2)nc1)N1CCCc2ccccc21. The maximum Gasteiger partial charge on any atom is 0.219 e. The van der Waals surface area contributed by atoms with Crippen LogP contribution in [0, 0.1) is 0 Å². The highest BCUT2D eigenvalue weighted by atomic mass is 16.5. The van der Waals surface area contributed by atoms with Crippen molar-refractivity contribution in [1.29, 1.82) is 0 Å². The van der Waals surface area contributed by atoms with Crippen molar-refractivity contribution in [2.24, 2.45) is 5.16 Å². The van der Waals surface area contributed by atoms with Crippen molar-refractivity contribution < 1.29 is 14.4 Å². The molecule has 6 nitrogen and oxygen atoms in total. The van der Waals surface area contributed by atoms with Gasteiger partial charge in [0.05, 0.1) is 0 Å². The number of oxime groups is 1. The van der Waals surface area contributed by atoms with Gasteiger partial charge in [-0.3, -0.25) is 0 Å². The monoisotopic (exact) mass is 435 g/mol. The van der Waals surface area contributed by atoms with Crippen LogP contribution in [0.4, 0.5) is 5.69 Å². The van der Waals surface area contributed by atoms with Crippen molar-refractivity contribution in [2.45, 2.75) is 12.8 Å². The Kier molecular flexibility index (Phi) is 4.69. The third-order valence-electron chi connectivity index (χ3n) is 6.03. The van der Waals surface area contributed by atoms with Crippen LogP contribution in [-0.2, 0) is 6.42 Å². The molecule has 3 aromatic carbocycles. The Hall–Kier alpha value is -4.32. The van der Waals surface area contributed by atoms with Crippen LogP contribution in [-0.4, -0.2) is 22.6 Å². The highest BCUT2D eigenvalue weighted by Gasteiger charge is 2.22. The Morgan fingerprint density at radius 3 is 2.67 bits per heavy atom. The maximum atomic E-state index is 9.81. The molecule has 0 radical (unpaired) electrons. The first-order chi connectivity index (χ1) is 16.3. The molecule has 0 bridgehead atoms. The number of hydrogen-bond donors (Lipinski definition) is 1. The number of benzene rings is 3. The first-order valence-electron chi connectivity index (χ1n) is 10.9. The lowest BCUT2D eigenvalue weighted by molar-refractivity contribution is 0.318. The highest BCUT2D eigenvalue weighted by Crippen LogP contribution is 2.33. The fourth-order valence-corrected chi connectivity index (χ4v) is 4.48. The second-order valence-electron chi connectivity index (χ2n) is 8.05. The molecule has 0 amide bonds. The van der Waals surface area contributed by atoms with E-state index in [-0.39, 0.29) is 0 Å². The lowest BCUT2D eigenvalue weighted by atomic mass is 10.0. The predicted molar refractivity (Wildman–Crippen MR) is 128 cm³/mol. The van der Waals surface area contributed by atoms with Crippen LogP contribution in [0.5, 0.6) is 11.6 Å². The van der Waals surface area contributed by atoms with E-state index in [0.717, 1.165) is 52.6 Å². The predicted octanol–water partition coefficient (Wildman–Crippen LogP) is 6.36. The van der Waals surface area contributed by atoms with Crippen molar-refractivity contribution in [3.63, 3.8) is 0 Å². The molecule has 33 heavy (non-hydrogen) atoms. The molecular weight excluding hydrogens is 414 g/mol. The van der Waals surface area contributed by atoms with E-state index in [0.29, 0.717) is 17.5 Å². The van der Waals surface area contributed by atoms with Gasteiger partial charge in [-0.15, -0.1) is 0 Å². The number of nitrogens with zero attached hydrogens (tertiary/aromatic N) is 3. The number of anilines is 1. The molecule has 0 unspecified atom stereocenters. The Morgan fingerprint density at radius 2 is 1.79 bits per heavy atom. The van der Waals surface area contributed by atoms with Gasteiger partial charge in [-0.05, 0) is 54.8 Å². The zero-order valence-corrected chi connectivity index (χ0v) is 17.8. The highest BCUT2D eigenvalue weighted by molar-refractivity contribution is 6.10. The summed E-state index contributed by atoms with van der Waals surface area (Å²) >= 11 is 0. The molecule has 2 aromatic heterocycles. The van der Waals surface area contributed by atoms with E-state index in [9.17, 15) is 5.21 Å². The van der Waals surface area contributed by atoms with E-state index < -0.39 is 0 Å². The Bertz CT molecular complexity index is 1490. The van der Waals surface area contributed by atoms with Gasteiger partial charge in [-0.1, -0.05) is 41.6 Å². The third-order valence-corrected chi connectivity index (χ3v) is 6.03. The number of ether oxygens (including phenoxy) is 1. The molecule has 6 rings (SSSR count). The van der Waals surface area contributed by atoms with E-state index in [4.69, 9.17) is 9.15 Å². The normalized spacial score (nSPS) is 13.9. The number of furan rings is 1. The molecule has 1 aliphatic heterocycles. The first kappa shape index (κ1) is 19.4. The molecule has 0 saturated heterocycles. The Labute approximate surface area is 190 Å². The summed E-state index contributed by atoms with van der Waals surface area (Å²) in [7, 11) is 0. The van der Waals surface area contributed by atoms with E-state index in [1.165, 1.54) is 5.56 Å². The van der Waals surface area contributed by atoms with Gasteiger partial charge < -0.3 is 19.3 Å². The minimum absolute atomic E-state index is 0.460. The standard InChI is InChI=1S/C27H21N3O3/c31-29-27(30-15-5-7-18-6-1-3-9-23(18)30)19-11-14-26(28-17-19)32-20-12-13-25-22(16-20)21-8-2-4-10-24(21)33-25/h1-4,6,8-14,16-17,31H,5,7,15H2/b29-27-. The van der Waals surface area contributed by atoms with E-state index in [1.807, 2.05) is 65.6 Å². The fourth-order valence-electron chi connectivity index (χ4n) is 4.48. The van der Waals surface area contributed by atoms with Crippen molar-refractivity contribution in [1.82, 2.24) is 4.98 Å². The second kappa shape index (κ2) is 7.98. The lowest BCUT2D eigenvalue weighted by Gasteiger charge is -2.31. The molecule has 0 spiro atoms. The molecule has 5 aromatic rings. The van der Waals surface area contributed by atoms with Crippen molar-refractivity contribution >= 4 is 33.5 Å². The Morgan fingerprint density at radius 1 is 0.939 bits per heavy atom. The molecule has 3 heterocycles. The van der Waals surface area contributed by atoms with Gasteiger partial charge >= 0.3 is 0 Å². The van der Waals surface area contributed by atoms with Crippen LogP contribution in [0.25, 0.3) is 21.9 Å². The zero-order chi connectivity index (χ0) is 22.2. The number of amidine groups is 1. The fraction of sp³-hybridized carbons (Fsp3) is 0.111. The van der Waals surface area contributed by atoms with Crippen LogP contribution < -0.4 is 9.64 Å². The molecule has 6 heteroatoms. The van der Waals surface area contributed by atoms with Gasteiger partial charge in [0.2, 0.25) is 5.88 Å². The van der Waals surface area contributed by atoms with Gasteiger partial charge in [0, 0.05) is 40.8 Å². The summed E-state index contributed by atoms with van der Waals surface area (Å²) in [5.41, 5.74) is 4.70. The van der Waals surface area contributed by atoms with Gasteiger partial charge in [-0.25, -0.2) is 4.98 Å². The molecule has 0 aliphatic carbocycles. The molecular formula is C27H21N3O3. The summed E-state index contributed by atoms with van der Waals surface area (Å²) in [4.78, 5) is 6.50. The number of pyridine rings is 1. The summed E-state index contributed by atoms with van der Waals surface area (Å²) in [6, 6.07) is 25.5. The molecule has 0 saturated carbocycles. The van der Waals surface area contributed by atoms with Crippen LogP contribution in [0.15, 0.2) is 94.6 Å². The third kappa shape index (κ3) is 3.46. The van der Waals surface area contributed by atoms with Crippen LogP contribution >= 0.6 is 0 Å². The minimum atomic E-state index is 0.460. The van der Waals surface area contributed by atoms with E-state index in [1.54, 1.807) is 12.3 Å². The number of aromatic nitrogens is 1. The van der Waals surface area contributed by atoms with Gasteiger partial charge in [0.15, 0.2) is 5.84 Å². The molecule has 0 fully saturated rings. The summed E-state index contributed by atoms with van der Waals surface area (Å²) in [5, 5.41) is 15.5. The number of para-hydroxylation sites is 2. The first-order valence-corrected chi connectivity index (χ1v) is 10.9. The number of hydrogen-bond acceptors (Lipinski definition) is 5. The summed E-state index contributed by atoms with van der Waals surface area (Å²) < 4.78 is 11.9. The molecule has 1 aliphatic rings. The number of aryl methyl sites for hydroxylation is 1. The quantitative estimate of drug-likeness (QED) is 0.154. The second-order valence-corrected chi connectivity index (χ2v) is 8.05. The maximum absolute atomic E-state index is 9.81. The van der Waals surface area contributed by atoms with E-state index in [2.05, 4.69) is 22.3 Å². The van der Waals surface area contributed by atoms with Gasteiger partial charge in [0.1, 0.15) is 16.9 Å². The van der Waals surface area contributed by atoms with Crippen LogP contribution in [0.1, 0.15) is 17.5 Å². The van der Waals surface area contributed by atoms with Crippen molar-refractivity contribution in [2.75, 3.05) is 11.4 Å². The lowest BCUT2D eigenvalue weighted by Crippen LogP contribution is -2.36. The smallest absolute Gasteiger partial charge is 0.219 e. The molecule has 162 valence electrons. The van der Waals surface area contributed by atoms with Gasteiger partial charge in [-0.2, -0.15) is 0 Å². The number of fused-ring (bicyclic) bond motifs is 4. The summed E-state index contributed by atoms with van der Waals surface area (Å²) in [5.74, 6) is 1.62. The van der Waals surface area contributed by atoms with Crippen molar-refractivity contribution in [3.8, 4) is 11.6 Å². The zero-order valence-electron chi connectivity index (χ0n) is 17.8. The molecule has 0 atom stereocenters. The van der Waals surface area contributed by atoms with Gasteiger partial charge in [0.25, 0.3) is 0 Å². The Balaban J connectivity index is 1.27. The number of rotatable bonds is 3. The topological polar surface area (TPSA) is 71.1 Å². The minimum Gasteiger partial charge on any atom is -0.456 e. The van der Waals surface area contributed by atoms with Crippen LogP contribution in [0.3, 0.4) is 0 Å². The summed E-state index contributed by atoms with van der Waals surface area (Å²) in [6.07, 6.45) is 3.69. The van der Waals surface area contributed by atoms with E-state index >= 15 is 0 Å². The van der Waals surface area contributed by atoms with Crippen molar-refractivity contribution in [3.05, 3.63) is 96.2 Å². The summed E-state index contributed by atoms with van der Waals surface area (Å²) in [6.45, 7) is 0.785. The van der Waals surface area contributed by atoms with Crippen LogP contribution in [0.2, 0.25) is 0 Å². The molecule has 1 N–H and O–H groups in total.